The van der Waals surface area contributed by atoms with E-state index in [1.54, 1.807) is 50.1 Å². The average molecular weight is 473 g/mol. The zero-order valence-electron chi connectivity index (χ0n) is 20.8. The summed E-state index contributed by atoms with van der Waals surface area (Å²) in [5.74, 6) is 0.764. The molecule has 0 aliphatic heterocycles. The van der Waals surface area contributed by atoms with E-state index >= 15 is 0 Å². The van der Waals surface area contributed by atoms with Gasteiger partial charge in [-0.05, 0) is 36.4 Å². The Labute approximate surface area is 200 Å². The van der Waals surface area contributed by atoms with Crippen molar-refractivity contribution in [2.24, 2.45) is 0 Å². The van der Waals surface area contributed by atoms with Crippen molar-refractivity contribution >= 4 is 29.3 Å². The van der Waals surface area contributed by atoms with E-state index < -0.39 is 0 Å². The molecule has 34 heavy (non-hydrogen) atoms. The fourth-order valence-corrected chi connectivity index (χ4v) is 3.52. The lowest BCUT2D eigenvalue weighted by molar-refractivity contribution is -0.110. The highest BCUT2D eigenvalue weighted by Crippen LogP contribution is 2.47. The van der Waals surface area contributed by atoms with Gasteiger partial charge in [-0.15, -0.1) is 0 Å². The van der Waals surface area contributed by atoms with Crippen LogP contribution in [0, 0.1) is 0 Å². The Hall–Kier alpha value is -4.01. The van der Waals surface area contributed by atoms with Crippen molar-refractivity contribution in [3.8, 4) is 34.5 Å². The van der Waals surface area contributed by atoms with E-state index in [-0.39, 0.29) is 28.8 Å². The topological polar surface area (TPSA) is 101 Å². The summed E-state index contributed by atoms with van der Waals surface area (Å²) in [6.07, 6.45) is 5.72. The fourth-order valence-electron chi connectivity index (χ4n) is 3.52. The summed E-state index contributed by atoms with van der Waals surface area (Å²) in [5, 5.41) is 21.3. The molecule has 0 saturated heterocycles. The molecule has 0 radical (unpaired) electrons. The van der Waals surface area contributed by atoms with Crippen LogP contribution in [0.3, 0.4) is 0 Å². The van der Waals surface area contributed by atoms with Crippen LogP contribution in [0.25, 0.3) is 12.2 Å². The van der Waals surface area contributed by atoms with Crippen molar-refractivity contribution in [2.75, 3.05) is 66.4 Å². The molecular formula is C25H32N2O7. The highest BCUT2D eigenvalue weighted by atomic mass is 16.5. The lowest BCUT2D eigenvalue weighted by atomic mass is 10.1. The van der Waals surface area contributed by atoms with E-state index in [0.29, 0.717) is 34.0 Å². The third kappa shape index (κ3) is 5.31. The summed E-state index contributed by atoms with van der Waals surface area (Å²) in [5.41, 5.74) is 1.86. The monoisotopic (exact) mass is 472 g/mol. The number of phenols is 2. The molecule has 2 aromatic carbocycles. The Morgan fingerprint density at radius 3 is 1.32 bits per heavy atom. The number of allylic oxidation sites excluding steroid dienone is 2. The second-order valence-electron chi connectivity index (χ2n) is 7.65. The Morgan fingerprint density at radius 2 is 1.06 bits per heavy atom. The maximum atomic E-state index is 12.6. The van der Waals surface area contributed by atoms with Gasteiger partial charge in [-0.1, -0.05) is 0 Å². The molecule has 0 aliphatic carbocycles. The van der Waals surface area contributed by atoms with Crippen LogP contribution in [0.2, 0.25) is 0 Å². The predicted molar refractivity (Wildman–Crippen MR) is 134 cm³/mol. The van der Waals surface area contributed by atoms with Gasteiger partial charge in [-0.3, -0.25) is 4.79 Å². The van der Waals surface area contributed by atoms with Crippen LogP contribution >= 0.6 is 0 Å². The standard InChI is InChI=1S/C25H32N2O7/c1-26(2)20-18(31-5)13-15(24(33-7)22(20)29)9-11-17(28)12-10-16-14-19(32-6)21(27(3)4)23(30)25(16)34-8/h9-14,29-30H,1-8H3/b11-9+,12-10+. The van der Waals surface area contributed by atoms with E-state index in [1.165, 1.54) is 52.7 Å². The first-order valence-electron chi connectivity index (χ1n) is 10.3. The maximum absolute atomic E-state index is 12.6. The van der Waals surface area contributed by atoms with Crippen molar-refractivity contribution in [3.63, 3.8) is 0 Å². The van der Waals surface area contributed by atoms with Gasteiger partial charge < -0.3 is 39.0 Å². The molecule has 0 unspecified atom stereocenters. The Kier molecular flexibility index (Phi) is 8.66. The molecule has 2 N–H and O–H groups in total. The van der Waals surface area contributed by atoms with Crippen molar-refractivity contribution in [2.45, 2.75) is 0 Å². The van der Waals surface area contributed by atoms with Gasteiger partial charge in [-0.2, -0.15) is 0 Å². The molecule has 0 aromatic heterocycles. The number of methoxy groups -OCH3 is 4. The van der Waals surface area contributed by atoms with Crippen LogP contribution in [-0.2, 0) is 4.79 Å². The molecule has 2 rings (SSSR count). The Bertz CT molecular complexity index is 1020. The average Bonchev–Trinajstić information content (AvgIpc) is 2.79. The number of nitrogens with zero attached hydrogens (tertiary/aromatic N) is 2. The minimum absolute atomic E-state index is 0.0946. The second kappa shape index (κ2) is 11.2. The number of hydrogen-bond acceptors (Lipinski definition) is 9. The van der Waals surface area contributed by atoms with E-state index in [0.717, 1.165) is 0 Å². The van der Waals surface area contributed by atoms with Gasteiger partial charge in [0.25, 0.3) is 0 Å². The third-order valence-corrected chi connectivity index (χ3v) is 5.04. The molecule has 0 spiro atoms. The number of rotatable bonds is 10. The molecule has 0 heterocycles. The van der Waals surface area contributed by atoms with Gasteiger partial charge in [0.1, 0.15) is 22.9 Å². The van der Waals surface area contributed by atoms with Gasteiger partial charge in [0.2, 0.25) is 0 Å². The first kappa shape index (κ1) is 26.2. The smallest absolute Gasteiger partial charge is 0.186 e. The van der Waals surface area contributed by atoms with Crippen LogP contribution in [0.5, 0.6) is 34.5 Å². The number of ketones is 1. The second-order valence-corrected chi connectivity index (χ2v) is 7.65. The third-order valence-electron chi connectivity index (χ3n) is 5.04. The molecule has 184 valence electrons. The molecule has 0 saturated carbocycles. The summed E-state index contributed by atoms with van der Waals surface area (Å²) < 4.78 is 21.5. The van der Waals surface area contributed by atoms with Crippen LogP contribution < -0.4 is 28.7 Å². The van der Waals surface area contributed by atoms with E-state index in [9.17, 15) is 15.0 Å². The quantitative estimate of drug-likeness (QED) is 0.503. The minimum Gasteiger partial charge on any atom is -0.503 e. The molecule has 9 nitrogen and oxygen atoms in total. The van der Waals surface area contributed by atoms with Crippen molar-refractivity contribution in [3.05, 3.63) is 35.4 Å². The lowest BCUT2D eigenvalue weighted by Crippen LogP contribution is -2.11. The van der Waals surface area contributed by atoms with Gasteiger partial charge >= 0.3 is 0 Å². The van der Waals surface area contributed by atoms with Crippen LogP contribution in [0.15, 0.2) is 24.3 Å². The number of carbonyl (C=O) groups is 1. The number of ether oxygens (including phenoxy) is 4. The predicted octanol–water partition coefficient (Wildman–Crippen LogP) is 3.56. The molecular weight excluding hydrogens is 440 g/mol. The maximum Gasteiger partial charge on any atom is 0.186 e. The number of carbonyl (C=O) groups excluding carboxylic acids is 1. The number of benzene rings is 2. The number of aromatic hydroxyl groups is 2. The Morgan fingerprint density at radius 1 is 0.706 bits per heavy atom. The van der Waals surface area contributed by atoms with Crippen LogP contribution in [-0.4, -0.2) is 72.6 Å². The molecule has 0 fully saturated rings. The van der Waals surface area contributed by atoms with Crippen LogP contribution in [0.1, 0.15) is 11.1 Å². The molecule has 0 aliphatic rings. The highest BCUT2D eigenvalue weighted by molar-refractivity contribution is 6.05. The van der Waals surface area contributed by atoms with Crippen molar-refractivity contribution in [1.29, 1.82) is 0 Å². The largest absolute Gasteiger partial charge is 0.503 e. The van der Waals surface area contributed by atoms with Gasteiger partial charge in [0, 0.05) is 39.3 Å². The van der Waals surface area contributed by atoms with Crippen LogP contribution in [0.4, 0.5) is 11.4 Å². The first-order valence-corrected chi connectivity index (χ1v) is 10.3. The minimum atomic E-state index is -0.339. The zero-order valence-corrected chi connectivity index (χ0v) is 20.8. The number of phenolic OH excluding ortho intramolecular Hbond substituents is 2. The highest BCUT2D eigenvalue weighted by Gasteiger charge is 2.21. The van der Waals surface area contributed by atoms with E-state index in [1.807, 2.05) is 0 Å². The van der Waals surface area contributed by atoms with Crippen molar-refractivity contribution < 1.29 is 34.0 Å². The summed E-state index contributed by atoms with van der Waals surface area (Å²) in [6.45, 7) is 0. The SMILES string of the molecule is COc1cc(/C=C/C(=O)/C=C/c2cc(OC)c(N(C)C)c(O)c2OC)c(OC)c(O)c1N(C)C. The summed E-state index contributed by atoms with van der Waals surface area (Å²) >= 11 is 0. The Balaban J connectivity index is 2.42. The molecule has 0 amide bonds. The van der Waals surface area contributed by atoms with Gasteiger partial charge in [-0.25, -0.2) is 0 Å². The molecule has 0 atom stereocenters. The van der Waals surface area contributed by atoms with Crippen molar-refractivity contribution in [1.82, 2.24) is 0 Å². The van der Waals surface area contributed by atoms with Gasteiger partial charge in [0.05, 0.1) is 28.4 Å². The van der Waals surface area contributed by atoms with E-state index in [4.69, 9.17) is 18.9 Å². The molecule has 9 heteroatoms. The number of anilines is 2. The van der Waals surface area contributed by atoms with Gasteiger partial charge in [0.15, 0.2) is 28.8 Å². The summed E-state index contributed by atoms with van der Waals surface area (Å²) in [7, 11) is 12.9. The zero-order chi connectivity index (χ0) is 25.6. The summed E-state index contributed by atoms with van der Waals surface area (Å²) in [4.78, 5) is 16.0. The molecule has 2 aromatic rings. The lowest BCUT2D eigenvalue weighted by Gasteiger charge is -2.21. The summed E-state index contributed by atoms with van der Waals surface area (Å²) in [6, 6.07) is 3.35. The van der Waals surface area contributed by atoms with E-state index in [2.05, 4.69) is 0 Å². The fraction of sp³-hybridized carbons (Fsp3) is 0.320. The molecule has 0 bridgehead atoms. The first-order chi connectivity index (χ1) is 16.1. The normalized spacial score (nSPS) is 11.1. The number of hydrogen-bond donors (Lipinski definition) is 2.